The molecule has 2 nitrogen and oxygen atoms in total. The summed E-state index contributed by atoms with van der Waals surface area (Å²) in [5.41, 5.74) is 1.92. The number of rotatable bonds is 3. The molecule has 20 heavy (non-hydrogen) atoms. The van der Waals surface area contributed by atoms with Crippen molar-refractivity contribution in [2.24, 2.45) is 0 Å². The number of benzene rings is 1. The lowest BCUT2D eigenvalue weighted by Crippen LogP contribution is -2.19. The summed E-state index contributed by atoms with van der Waals surface area (Å²) in [6.07, 6.45) is 0. The molecule has 0 aliphatic rings. The third kappa shape index (κ3) is 4.36. The van der Waals surface area contributed by atoms with Gasteiger partial charge in [-0.1, -0.05) is 48.0 Å². The van der Waals surface area contributed by atoms with Gasteiger partial charge in [-0.3, -0.25) is 0 Å². The Balaban J connectivity index is 0.00000172. The molecular formula is C17H23BrN2. The molecule has 0 saturated carbocycles. The van der Waals surface area contributed by atoms with Crippen molar-refractivity contribution >= 4 is 15.9 Å². The third-order valence-electron chi connectivity index (χ3n) is 3.15. The molecule has 0 N–H and O–H groups in total. The molecule has 0 radical (unpaired) electrons. The molecule has 0 saturated heterocycles. The molecule has 0 heterocycles. The predicted molar refractivity (Wildman–Crippen MR) is 87.7 cm³/mol. The second kappa shape index (κ2) is 7.46. The van der Waals surface area contributed by atoms with Crippen molar-refractivity contribution in [3.63, 3.8) is 0 Å². The molecule has 0 aromatic heterocycles. The number of halogens is 1. The Morgan fingerprint density at radius 2 is 1.25 bits per heavy atom. The van der Waals surface area contributed by atoms with Crippen LogP contribution in [0.2, 0.25) is 0 Å². The molecule has 0 atom stereocenters. The van der Waals surface area contributed by atoms with Gasteiger partial charge in [0.25, 0.3) is 0 Å². The van der Waals surface area contributed by atoms with Gasteiger partial charge in [0.1, 0.15) is 0 Å². The van der Waals surface area contributed by atoms with Crippen LogP contribution >= 0.6 is 15.9 Å². The Labute approximate surface area is 131 Å². The van der Waals surface area contributed by atoms with Gasteiger partial charge in [-0.2, -0.15) is 10.5 Å². The van der Waals surface area contributed by atoms with Crippen LogP contribution in [0.25, 0.3) is 0 Å². The standard InChI is InChI=1S/C15H17BrN2.C2H6/c1-14(2,9-17)12-5-11(8-16)6-13(7-12)15(3,4)10-18;1-2/h5-7H,8H2,1-4H3;1-2H3. The zero-order chi connectivity index (χ0) is 16.0. The van der Waals surface area contributed by atoms with Crippen molar-refractivity contribution in [2.75, 3.05) is 0 Å². The van der Waals surface area contributed by atoms with Crippen molar-refractivity contribution in [1.29, 1.82) is 10.5 Å². The molecule has 0 unspecified atom stereocenters. The molecule has 0 aliphatic carbocycles. The second-order valence-corrected chi connectivity index (χ2v) is 6.09. The van der Waals surface area contributed by atoms with Crippen LogP contribution in [-0.2, 0) is 16.2 Å². The lowest BCUT2D eigenvalue weighted by Gasteiger charge is -2.22. The first kappa shape index (κ1) is 18.7. The minimum atomic E-state index is -0.543. The fourth-order valence-corrected chi connectivity index (χ4v) is 1.94. The van der Waals surface area contributed by atoms with Gasteiger partial charge in [0.2, 0.25) is 0 Å². The van der Waals surface area contributed by atoms with Crippen LogP contribution < -0.4 is 0 Å². The maximum absolute atomic E-state index is 9.24. The van der Waals surface area contributed by atoms with E-state index in [1.807, 2.05) is 59.7 Å². The molecule has 0 aliphatic heterocycles. The Morgan fingerprint density at radius 1 is 0.900 bits per heavy atom. The quantitative estimate of drug-likeness (QED) is 0.712. The van der Waals surface area contributed by atoms with Gasteiger partial charge in [-0.05, 0) is 44.4 Å². The largest absolute Gasteiger partial charge is 0.197 e. The second-order valence-electron chi connectivity index (χ2n) is 5.53. The third-order valence-corrected chi connectivity index (χ3v) is 3.80. The first-order valence-electron chi connectivity index (χ1n) is 6.80. The molecule has 0 amide bonds. The molecule has 108 valence electrons. The van der Waals surface area contributed by atoms with Crippen molar-refractivity contribution < 1.29 is 0 Å². The average molecular weight is 335 g/mol. The molecular weight excluding hydrogens is 312 g/mol. The Bertz CT molecular complexity index is 487. The summed E-state index contributed by atoms with van der Waals surface area (Å²) in [6.45, 7) is 11.6. The van der Waals surface area contributed by atoms with Gasteiger partial charge in [0.05, 0.1) is 23.0 Å². The first-order valence-corrected chi connectivity index (χ1v) is 7.92. The zero-order valence-electron chi connectivity index (χ0n) is 13.2. The van der Waals surface area contributed by atoms with E-state index in [-0.39, 0.29) is 0 Å². The highest BCUT2D eigenvalue weighted by molar-refractivity contribution is 9.08. The summed E-state index contributed by atoms with van der Waals surface area (Å²) >= 11 is 3.44. The summed E-state index contributed by atoms with van der Waals surface area (Å²) in [7, 11) is 0. The average Bonchev–Trinajstić information content (AvgIpc) is 2.48. The minimum absolute atomic E-state index is 0.543. The van der Waals surface area contributed by atoms with Gasteiger partial charge in [-0.25, -0.2) is 0 Å². The molecule has 1 rings (SSSR count). The maximum atomic E-state index is 9.24. The zero-order valence-corrected chi connectivity index (χ0v) is 14.8. The molecule has 0 fully saturated rings. The van der Waals surface area contributed by atoms with E-state index in [0.29, 0.717) is 0 Å². The van der Waals surface area contributed by atoms with E-state index < -0.39 is 10.8 Å². The van der Waals surface area contributed by atoms with Gasteiger partial charge in [0, 0.05) is 5.33 Å². The smallest absolute Gasteiger partial charge is 0.0766 e. The summed E-state index contributed by atoms with van der Waals surface area (Å²) in [4.78, 5) is 0. The number of hydrogen-bond acceptors (Lipinski definition) is 2. The monoisotopic (exact) mass is 334 g/mol. The van der Waals surface area contributed by atoms with Gasteiger partial charge in [-0.15, -0.1) is 0 Å². The Hall–Kier alpha value is -1.32. The molecule has 3 heteroatoms. The van der Waals surface area contributed by atoms with Crippen LogP contribution in [0.3, 0.4) is 0 Å². The maximum Gasteiger partial charge on any atom is 0.0766 e. The van der Waals surface area contributed by atoms with Crippen molar-refractivity contribution in [2.45, 2.75) is 57.7 Å². The molecule has 0 spiro atoms. The van der Waals surface area contributed by atoms with E-state index in [0.717, 1.165) is 22.0 Å². The van der Waals surface area contributed by atoms with Crippen LogP contribution in [-0.4, -0.2) is 0 Å². The molecule has 0 bridgehead atoms. The fraction of sp³-hybridized carbons (Fsp3) is 0.529. The van der Waals surface area contributed by atoms with Crippen LogP contribution in [0.5, 0.6) is 0 Å². The highest BCUT2D eigenvalue weighted by Gasteiger charge is 2.25. The van der Waals surface area contributed by atoms with Crippen LogP contribution in [0, 0.1) is 22.7 Å². The van der Waals surface area contributed by atoms with Gasteiger partial charge >= 0.3 is 0 Å². The fourth-order valence-electron chi connectivity index (χ4n) is 1.62. The highest BCUT2D eigenvalue weighted by Crippen LogP contribution is 2.30. The van der Waals surface area contributed by atoms with E-state index in [1.54, 1.807) is 0 Å². The summed E-state index contributed by atoms with van der Waals surface area (Å²) in [6, 6.07) is 10.6. The van der Waals surface area contributed by atoms with Crippen LogP contribution in [0.15, 0.2) is 18.2 Å². The van der Waals surface area contributed by atoms with E-state index in [9.17, 15) is 10.5 Å². The summed E-state index contributed by atoms with van der Waals surface area (Å²) in [5.74, 6) is 0. The summed E-state index contributed by atoms with van der Waals surface area (Å²) in [5, 5.41) is 19.2. The van der Waals surface area contributed by atoms with E-state index in [1.165, 1.54) is 0 Å². The minimum Gasteiger partial charge on any atom is -0.197 e. The summed E-state index contributed by atoms with van der Waals surface area (Å²) < 4.78 is 0. The first-order chi connectivity index (χ1) is 9.26. The number of alkyl halides is 1. The van der Waals surface area contributed by atoms with E-state index in [2.05, 4.69) is 28.1 Å². The number of hydrogen-bond donors (Lipinski definition) is 0. The lowest BCUT2D eigenvalue weighted by molar-refractivity contribution is 0.660. The Kier molecular flexibility index (Phi) is 6.97. The molecule has 1 aromatic rings. The van der Waals surface area contributed by atoms with Gasteiger partial charge < -0.3 is 0 Å². The van der Waals surface area contributed by atoms with Crippen LogP contribution in [0.1, 0.15) is 58.2 Å². The van der Waals surface area contributed by atoms with Crippen molar-refractivity contribution in [3.05, 3.63) is 34.9 Å². The number of nitriles is 2. The highest BCUT2D eigenvalue weighted by atomic mass is 79.9. The number of nitrogens with zero attached hydrogens (tertiary/aromatic N) is 2. The predicted octanol–water partition coefficient (Wildman–Crippen LogP) is 5.21. The van der Waals surface area contributed by atoms with Crippen LogP contribution in [0.4, 0.5) is 0 Å². The molecule has 1 aromatic carbocycles. The van der Waals surface area contributed by atoms with E-state index in [4.69, 9.17) is 0 Å². The SMILES string of the molecule is CC.CC(C)(C#N)c1cc(CBr)cc(C(C)(C)C#N)c1. The topological polar surface area (TPSA) is 47.6 Å². The van der Waals surface area contributed by atoms with Gasteiger partial charge in [0.15, 0.2) is 0 Å². The Morgan fingerprint density at radius 3 is 1.50 bits per heavy atom. The van der Waals surface area contributed by atoms with E-state index >= 15 is 0 Å². The normalized spacial score (nSPS) is 10.8. The van der Waals surface area contributed by atoms with Crippen molar-refractivity contribution in [1.82, 2.24) is 0 Å². The van der Waals surface area contributed by atoms with Crippen molar-refractivity contribution in [3.8, 4) is 12.1 Å². The lowest BCUT2D eigenvalue weighted by atomic mass is 9.79.